The molecule has 2 aromatic carbocycles. The average molecular weight is 470 g/mol. The molecular weight excluding hydrogens is 442 g/mol. The predicted octanol–water partition coefficient (Wildman–Crippen LogP) is 4.95. The van der Waals surface area contributed by atoms with Crippen LogP contribution in [0.25, 0.3) is 0 Å². The standard InChI is InChI=1S/C23H27N5O4S/c1-5-17-8-11-19(12-9-17)32-16(4)22-25-26-23(27(22)6-2)33-14-21(29)24-18-10-7-15(3)20(13-18)28(30)31/h7-13,16H,5-6,14H2,1-4H3,(H,24,29)/t16-/m0/s1. The summed E-state index contributed by atoms with van der Waals surface area (Å²) in [6.07, 6.45) is 0.649. The van der Waals surface area contributed by atoms with Crippen LogP contribution in [0.15, 0.2) is 47.6 Å². The SMILES string of the molecule is CCc1ccc(O[C@@H](C)c2nnc(SCC(=O)Nc3ccc(C)c([N+](=O)[O-])c3)n2CC)cc1. The van der Waals surface area contributed by atoms with Crippen LogP contribution in [0.2, 0.25) is 0 Å². The Morgan fingerprint density at radius 3 is 2.58 bits per heavy atom. The molecule has 1 atom stereocenters. The van der Waals surface area contributed by atoms with E-state index in [1.807, 2.05) is 42.7 Å². The van der Waals surface area contributed by atoms with Crippen molar-refractivity contribution < 1.29 is 14.5 Å². The molecule has 3 rings (SSSR count). The van der Waals surface area contributed by atoms with Crippen LogP contribution >= 0.6 is 11.8 Å². The molecule has 0 bridgehead atoms. The van der Waals surface area contributed by atoms with Gasteiger partial charge in [0, 0.05) is 23.9 Å². The van der Waals surface area contributed by atoms with E-state index in [0.717, 1.165) is 12.2 Å². The molecule has 3 aromatic rings. The van der Waals surface area contributed by atoms with Crippen molar-refractivity contribution in [2.75, 3.05) is 11.1 Å². The van der Waals surface area contributed by atoms with Gasteiger partial charge in [0.05, 0.1) is 10.7 Å². The van der Waals surface area contributed by atoms with E-state index in [0.29, 0.717) is 28.8 Å². The Morgan fingerprint density at radius 2 is 1.94 bits per heavy atom. The third-order valence-electron chi connectivity index (χ3n) is 5.09. The molecule has 0 fully saturated rings. The lowest BCUT2D eigenvalue weighted by Gasteiger charge is -2.16. The van der Waals surface area contributed by atoms with E-state index in [-0.39, 0.29) is 23.5 Å². The van der Waals surface area contributed by atoms with E-state index in [1.165, 1.54) is 23.4 Å². The minimum Gasteiger partial charge on any atom is -0.483 e. The quantitative estimate of drug-likeness (QED) is 0.254. The Kier molecular flexibility index (Phi) is 8.05. The Hall–Kier alpha value is -3.40. The van der Waals surface area contributed by atoms with E-state index >= 15 is 0 Å². The van der Waals surface area contributed by atoms with Crippen LogP contribution in [-0.4, -0.2) is 31.3 Å². The number of thioether (sulfide) groups is 1. The summed E-state index contributed by atoms with van der Waals surface area (Å²) in [5.74, 6) is 1.24. The minimum atomic E-state index is -0.466. The second kappa shape index (κ2) is 11.0. The molecule has 33 heavy (non-hydrogen) atoms. The lowest BCUT2D eigenvalue weighted by Crippen LogP contribution is -2.15. The fraction of sp³-hybridized carbons (Fsp3) is 0.348. The molecule has 1 amide bonds. The van der Waals surface area contributed by atoms with Crippen molar-refractivity contribution in [1.82, 2.24) is 14.8 Å². The van der Waals surface area contributed by atoms with Crippen molar-refractivity contribution in [1.29, 1.82) is 0 Å². The van der Waals surface area contributed by atoms with Gasteiger partial charge < -0.3 is 14.6 Å². The smallest absolute Gasteiger partial charge is 0.274 e. The first-order valence-electron chi connectivity index (χ1n) is 10.7. The first-order valence-corrected chi connectivity index (χ1v) is 11.7. The summed E-state index contributed by atoms with van der Waals surface area (Å²) in [7, 11) is 0. The van der Waals surface area contributed by atoms with Crippen LogP contribution in [0.3, 0.4) is 0 Å². The summed E-state index contributed by atoms with van der Waals surface area (Å²) in [6.45, 7) is 8.27. The van der Waals surface area contributed by atoms with Crippen LogP contribution in [0.1, 0.15) is 43.8 Å². The Labute approximate surface area is 196 Å². The van der Waals surface area contributed by atoms with Gasteiger partial charge in [-0.05, 0) is 51.0 Å². The number of aryl methyl sites for hydroxylation is 2. The summed E-state index contributed by atoms with van der Waals surface area (Å²) in [5, 5.41) is 22.9. The Balaban J connectivity index is 1.63. The molecule has 1 N–H and O–H groups in total. The first-order chi connectivity index (χ1) is 15.8. The minimum absolute atomic E-state index is 0.0332. The number of carbonyl (C=O) groups excluding carboxylic acids is 1. The zero-order valence-electron chi connectivity index (χ0n) is 19.1. The van der Waals surface area contributed by atoms with E-state index in [4.69, 9.17) is 4.74 Å². The molecule has 0 saturated carbocycles. The van der Waals surface area contributed by atoms with Crippen molar-refractivity contribution in [2.45, 2.75) is 51.9 Å². The van der Waals surface area contributed by atoms with Gasteiger partial charge in [-0.3, -0.25) is 14.9 Å². The molecule has 0 saturated heterocycles. The number of nitrogens with zero attached hydrogens (tertiary/aromatic N) is 4. The van der Waals surface area contributed by atoms with Crippen LogP contribution in [0.5, 0.6) is 5.75 Å². The highest BCUT2D eigenvalue weighted by atomic mass is 32.2. The normalized spacial score (nSPS) is 11.8. The number of nitro benzene ring substituents is 1. The summed E-state index contributed by atoms with van der Waals surface area (Å²) in [6, 6.07) is 12.6. The van der Waals surface area contributed by atoms with Crippen molar-refractivity contribution in [2.24, 2.45) is 0 Å². The molecule has 10 heteroatoms. The maximum absolute atomic E-state index is 12.4. The number of hydrogen-bond donors (Lipinski definition) is 1. The van der Waals surface area contributed by atoms with E-state index < -0.39 is 4.92 Å². The topological polar surface area (TPSA) is 112 Å². The predicted molar refractivity (Wildman–Crippen MR) is 128 cm³/mol. The zero-order chi connectivity index (χ0) is 24.0. The maximum Gasteiger partial charge on any atom is 0.274 e. The number of benzene rings is 2. The molecule has 174 valence electrons. The number of amides is 1. The molecule has 0 aliphatic heterocycles. The van der Waals surface area contributed by atoms with Crippen LogP contribution < -0.4 is 10.1 Å². The molecule has 0 unspecified atom stereocenters. The number of ether oxygens (including phenoxy) is 1. The molecule has 1 heterocycles. The number of anilines is 1. The van der Waals surface area contributed by atoms with Crippen LogP contribution in [-0.2, 0) is 17.8 Å². The first kappa shape index (κ1) is 24.2. The molecule has 1 aromatic heterocycles. The summed E-state index contributed by atoms with van der Waals surface area (Å²) >= 11 is 1.25. The third kappa shape index (κ3) is 6.10. The second-order valence-electron chi connectivity index (χ2n) is 7.44. The summed E-state index contributed by atoms with van der Waals surface area (Å²) < 4.78 is 7.95. The number of rotatable bonds is 10. The molecule has 0 aliphatic carbocycles. The van der Waals surface area contributed by atoms with Gasteiger partial charge in [0.15, 0.2) is 17.1 Å². The van der Waals surface area contributed by atoms with E-state index in [1.54, 1.807) is 19.1 Å². The van der Waals surface area contributed by atoms with Gasteiger partial charge in [0.25, 0.3) is 5.69 Å². The number of hydrogen-bond acceptors (Lipinski definition) is 7. The third-order valence-corrected chi connectivity index (χ3v) is 6.06. The number of carbonyl (C=O) groups is 1. The Morgan fingerprint density at radius 1 is 1.21 bits per heavy atom. The van der Waals surface area contributed by atoms with E-state index in [9.17, 15) is 14.9 Å². The summed E-state index contributed by atoms with van der Waals surface area (Å²) in [5.41, 5.74) is 2.12. The van der Waals surface area contributed by atoms with Crippen molar-refractivity contribution >= 4 is 29.0 Å². The zero-order valence-corrected chi connectivity index (χ0v) is 19.9. The highest BCUT2D eigenvalue weighted by molar-refractivity contribution is 7.99. The number of nitro groups is 1. The highest BCUT2D eigenvalue weighted by Gasteiger charge is 2.20. The molecule has 9 nitrogen and oxygen atoms in total. The van der Waals surface area contributed by atoms with E-state index in [2.05, 4.69) is 22.4 Å². The van der Waals surface area contributed by atoms with Gasteiger partial charge in [-0.15, -0.1) is 10.2 Å². The maximum atomic E-state index is 12.4. The largest absolute Gasteiger partial charge is 0.483 e. The lowest BCUT2D eigenvalue weighted by molar-refractivity contribution is -0.385. The lowest BCUT2D eigenvalue weighted by atomic mass is 10.2. The van der Waals surface area contributed by atoms with Gasteiger partial charge in [-0.1, -0.05) is 36.9 Å². The van der Waals surface area contributed by atoms with Crippen LogP contribution in [0.4, 0.5) is 11.4 Å². The van der Waals surface area contributed by atoms with Gasteiger partial charge in [-0.2, -0.15) is 0 Å². The molecule has 0 radical (unpaired) electrons. The van der Waals surface area contributed by atoms with Gasteiger partial charge in [0.1, 0.15) is 5.75 Å². The Bertz CT molecular complexity index is 1130. The number of aromatic nitrogens is 3. The molecular formula is C23H27N5O4S. The average Bonchev–Trinajstić information content (AvgIpc) is 3.22. The fourth-order valence-corrected chi connectivity index (χ4v) is 4.09. The molecule has 0 aliphatic rings. The van der Waals surface area contributed by atoms with Crippen molar-refractivity contribution in [3.8, 4) is 5.75 Å². The van der Waals surface area contributed by atoms with Gasteiger partial charge in [-0.25, -0.2) is 0 Å². The van der Waals surface area contributed by atoms with Crippen LogP contribution in [0, 0.1) is 17.0 Å². The molecule has 0 spiro atoms. The fourth-order valence-electron chi connectivity index (χ4n) is 3.28. The van der Waals surface area contributed by atoms with Gasteiger partial charge in [0.2, 0.25) is 5.91 Å². The highest BCUT2D eigenvalue weighted by Crippen LogP contribution is 2.26. The monoisotopic (exact) mass is 469 g/mol. The van der Waals surface area contributed by atoms with Gasteiger partial charge >= 0.3 is 0 Å². The van der Waals surface area contributed by atoms with Crippen molar-refractivity contribution in [3.05, 3.63) is 69.5 Å². The van der Waals surface area contributed by atoms with Crippen molar-refractivity contribution in [3.63, 3.8) is 0 Å². The second-order valence-corrected chi connectivity index (χ2v) is 8.38. The number of nitrogens with one attached hydrogen (secondary N) is 1. The summed E-state index contributed by atoms with van der Waals surface area (Å²) in [4.78, 5) is 23.0.